The third-order valence-corrected chi connectivity index (χ3v) is 3.95. The molecule has 2 aromatic rings. The largest absolute Gasteiger partial charge is 0.497 e. The first kappa shape index (κ1) is 14.5. The van der Waals surface area contributed by atoms with Crippen LogP contribution < -0.4 is 10.5 Å². The molecule has 2 aromatic carbocycles. The molecular weight excluding hydrogens is 283 g/mol. The number of hydrogen-bond donors (Lipinski definition) is 1. The van der Waals surface area contributed by atoms with Gasteiger partial charge in [0.05, 0.1) is 13.2 Å². The van der Waals surface area contributed by atoms with Crippen LogP contribution in [0.4, 0.5) is 4.39 Å². The number of rotatable bonds is 4. The highest BCUT2D eigenvalue weighted by Crippen LogP contribution is 2.36. The van der Waals surface area contributed by atoms with Crippen LogP contribution in [-0.4, -0.2) is 24.0 Å². The number of carbonyl (C=O) groups excluding carboxylic acids is 1. The van der Waals surface area contributed by atoms with Crippen molar-refractivity contribution in [3.05, 3.63) is 65.5 Å². The molecule has 1 heterocycles. The summed E-state index contributed by atoms with van der Waals surface area (Å²) < 4.78 is 18.2. The maximum atomic E-state index is 13.0. The maximum absolute atomic E-state index is 13.0. The third kappa shape index (κ3) is 2.55. The van der Waals surface area contributed by atoms with E-state index in [1.807, 2.05) is 24.3 Å². The topological polar surface area (TPSA) is 55.6 Å². The van der Waals surface area contributed by atoms with Crippen LogP contribution in [0.5, 0.6) is 5.75 Å². The molecule has 5 heteroatoms. The van der Waals surface area contributed by atoms with Gasteiger partial charge in [0.1, 0.15) is 17.6 Å². The molecule has 1 saturated heterocycles. The molecule has 114 valence electrons. The summed E-state index contributed by atoms with van der Waals surface area (Å²) in [7, 11) is 1.60. The van der Waals surface area contributed by atoms with Crippen molar-refractivity contribution in [2.75, 3.05) is 7.11 Å². The Balaban J connectivity index is 1.83. The van der Waals surface area contributed by atoms with E-state index in [9.17, 15) is 9.18 Å². The fourth-order valence-electron chi connectivity index (χ4n) is 2.75. The highest BCUT2D eigenvalue weighted by Gasteiger charge is 2.45. The molecule has 0 spiro atoms. The Hall–Kier alpha value is -2.40. The van der Waals surface area contributed by atoms with Gasteiger partial charge in [-0.15, -0.1) is 0 Å². The minimum atomic E-state index is -0.549. The van der Waals surface area contributed by atoms with Crippen LogP contribution in [0.15, 0.2) is 48.5 Å². The summed E-state index contributed by atoms with van der Waals surface area (Å²) in [6.07, 6.45) is 0. The second-order valence-corrected chi connectivity index (χ2v) is 5.34. The van der Waals surface area contributed by atoms with Crippen molar-refractivity contribution in [1.29, 1.82) is 0 Å². The Kier molecular flexibility index (Phi) is 3.81. The van der Waals surface area contributed by atoms with Crippen LogP contribution in [0.25, 0.3) is 0 Å². The number of β-lactam (4-membered cyclic amide) rings is 1. The molecule has 3 rings (SSSR count). The van der Waals surface area contributed by atoms with Gasteiger partial charge in [0.2, 0.25) is 5.91 Å². The SMILES string of the molecule is COc1cccc([C@H]2[C@@H](N)C(=O)N2Cc2ccc(F)cc2)c1. The number of methoxy groups -OCH3 is 1. The highest BCUT2D eigenvalue weighted by atomic mass is 19.1. The molecular formula is C17H17FN2O2. The van der Waals surface area contributed by atoms with Gasteiger partial charge >= 0.3 is 0 Å². The second kappa shape index (κ2) is 5.77. The van der Waals surface area contributed by atoms with Crippen molar-refractivity contribution in [2.45, 2.75) is 18.6 Å². The first-order valence-electron chi connectivity index (χ1n) is 7.04. The van der Waals surface area contributed by atoms with E-state index < -0.39 is 6.04 Å². The Morgan fingerprint density at radius 2 is 1.95 bits per heavy atom. The lowest BCUT2D eigenvalue weighted by Gasteiger charge is -2.45. The van der Waals surface area contributed by atoms with E-state index in [1.165, 1.54) is 12.1 Å². The minimum absolute atomic E-state index is 0.0999. The molecule has 1 aliphatic rings. The van der Waals surface area contributed by atoms with E-state index in [0.717, 1.165) is 16.9 Å². The lowest BCUT2D eigenvalue weighted by Crippen LogP contribution is -2.62. The summed E-state index contributed by atoms with van der Waals surface area (Å²) in [5.74, 6) is 0.336. The summed E-state index contributed by atoms with van der Waals surface area (Å²) in [5.41, 5.74) is 7.77. The van der Waals surface area contributed by atoms with Gasteiger partial charge in [0, 0.05) is 6.54 Å². The van der Waals surface area contributed by atoms with Crippen molar-refractivity contribution in [1.82, 2.24) is 4.90 Å². The number of benzene rings is 2. The van der Waals surface area contributed by atoms with Gasteiger partial charge in [0.15, 0.2) is 0 Å². The normalized spacial score (nSPS) is 20.7. The van der Waals surface area contributed by atoms with Crippen LogP contribution in [0, 0.1) is 5.82 Å². The fraction of sp³-hybridized carbons (Fsp3) is 0.235. The molecule has 0 aromatic heterocycles. The lowest BCUT2D eigenvalue weighted by atomic mass is 9.88. The van der Waals surface area contributed by atoms with E-state index >= 15 is 0 Å². The van der Waals surface area contributed by atoms with E-state index in [1.54, 1.807) is 24.1 Å². The predicted molar refractivity (Wildman–Crippen MR) is 80.7 cm³/mol. The molecule has 1 fully saturated rings. The zero-order chi connectivity index (χ0) is 15.7. The van der Waals surface area contributed by atoms with Crippen LogP contribution in [0.2, 0.25) is 0 Å². The quantitative estimate of drug-likeness (QED) is 0.881. The Labute approximate surface area is 128 Å². The van der Waals surface area contributed by atoms with Crippen molar-refractivity contribution in [3.8, 4) is 5.75 Å². The van der Waals surface area contributed by atoms with Gasteiger partial charge < -0.3 is 15.4 Å². The molecule has 0 radical (unpaired) electrons. The summed E-state index contributed by atoms with van der Waals surface area (Å²) >= 11 is 0. The first-order chi connectivity index (χ1) is 10.6. The van der Waals surface area contributed by atoms with Gasteiger partial charge in [-0.1, -0.05) is 24.3 Å². The van der Waals surface area contributed by atoms with Crippen molar-refractivity contribution in [2.24, 2.45) is 5.73 Å². The molecule has 2 atom stereocenters. The number of likely N-dealkylation sites (tertiary alicyclic amines) is 1. The molecule has 1 aliphatic heterocycles. The van der Waals surface area contributed by atoms with Crippen LogP contribution in [-0.2, 0) is 11.3 Å². The van der Waals surface area contributed by atoms with E-state index in [0.29, 0.717) is 6.54 Å². The standard InChI is InChI=1S/C17H17FN2O2/c1-22-14-4-2-3-12(9-14)16-15(19)17(21)20(16)10-11-5-7-13(18)8-6-11/h2-9,15-16H,10,19H2,1H3/t15-,16+/m1/s1. The Bertz CT molecular complexity index is 687. The molecule has 1 amide bonds. The molecule has 22 heavy (non-hydrogen) atoms. The van der Waals surface area contributed by atoms with Gasteiger partial charge in [-0.3, -0.25) is 4.79 Å². The van der Waals surface area contributed by atoms with E-state index in [-0.39, 0.29) is 17.8 Å². The Morgan fingerprint density at radius 3 is 2.64 bits per heavy atom. The number of hydrogen-bond acceptors (Lipinski definition) is 3. The number of ether oxygens (including phenoxy) is 1. The molecule has 0 aliphatic carbocycles. The number of nitrogens with zero attached hydrogens (tertiary/aromatic N) is 1. The smallest absolute Gasteiger partial charge is 0.242 e. The minimum Gasteiger partial charge on any atom is -0.497 e. The van der Waals surface area contributed by atoms with Gasteiger partial charge in [-0.2, -0.15) is 0 Å². The number of amides is 1. The maximum Gasteiger partial charge on any atom is 0.242 e. The van der Waals surface area contributed by atoms with E-state index in [2.05, 4.69) is 0 Å². The number of nitrogens with two attached hydrogens (primary N) is 1. The Morgan fingerprint density at radius 1 is 1.23 bits per heavy atom. The van der Waals surface area contributed by atoms with Crippen molar-refractivity contribution < 1.29 is 13.9 Å². The summed E-state index contributed by atoms with van der Waals surface area (Å²) in [6, 6.07) is 12.9. The number of halogens is 1. The van der Waals surface area contributed by atoms with Crippen molar-refractivity contribution >= 4 is 5.91 Å². The van der Waals surface area contributed by atoms with E-state index in [4.69, 9.17) is 10.5 Å². The van der Waals surface area contributed by atoms with Crippen LogP contribution in [0.1, 0.15) is 17.2 Å². The molecule has 2 N–H and O–H groups in total. The second-order valence-electron chi connectivity index (χ2n) is 5.34. The monoisotopic (exact) mass is 300 g/mol. The van der Waals surface area contributed by atoms with Gasteiger partial charge in [-0.25, -0.2) is 4.39 Å². The highest BCUT2D eigenvalue weighted by molar-refractivity contribution is 5.89. The zero-order valence-electron chi connectivity index (χ0n) is 12.2. The predicted octanol–water partition coefficient (Wildman–Crippen LogP) is 2.25. The molecule has 0 unspecified atom stereocenters. The lowest BCUT2D eigenvalue weighted by molar-refractivity contribution is -0.150. The molecule has 0 bridgehead atoms. The average Bonchev–Trinajstić information content (AvgIpc) is 2.56. The summed E-state index contributed by atoms with van der Waals surface area (Å²) in [4.78, 5) is 13.8. The zero-order valence-corrected chi connectivity index (χ0v) is 12.2. The third-order valence-electron chi connectivity index (χ3n) is 3.95. The summed E-state index contributed by atoms with van der Waals surface area (Å²) in [6.45, 7) is 0.411. The van der Waals surface area contributed by atoms with Crippen LogP contribution in [0.3, 0.4) is 0 Å². The first-order valence-corrected chi connectivity index (χ1v) is 7.04. The average molecular weight is 300 g/mol. The van der Waals surface area contributed by atoms with Crippen LogP contribution >= 0.6 is 0 Å². The summed E-state index contributed by atoms with van der Waals surface area (Å²) in [5, 5.41) is 0. The fourth-order valence-corrected chi connectivity index (χ4v) is 2.75. The van der Waals surface area contributed by atoms with Gasteiger partial charge in [-0.05, 0) is 35.4 Å². The van der Waals surface area contributed by atoms with Crippen molar-refractivity contribution in [3.63, 3.8) is 0 Å². The number of carbonyl (C=O) groups is 1. The molecule has 0 saturated carbocycles. The molecule has 4 nitrogen and oxygen atoms in total. The van der Waals surface area contributed by atoms with Gasteiger partial charge in [0.25, 0.3) is 0 Å².